The Labute approximate surface area is 115 Å². The second-order valence-electron chi connectivity index (χ2n) is 5.00. The molecule has 2 amide bonds. The summed E-state index contributed by atoms with van der Waals surface area (Å²) in [7, 11) is 1.16. The second-order valence-corrected chi connectivity index (χ2v) is 5.00. The molecule has 3 unspecified atom stereocenters. The second kappa shape index (κ2) is 6.08. The molecule has 2 aliphatic heterocycles. The number of carbonyl (C=O) groups excluding carboxylic acids is 2. The van der Waals surface area contributed by atoms with E-state index in [2.05, 4.69) is 15.4 Å². The van der Waals surface area contributed by atoms with Crippen LogP contribution in [0, 0.1) is 0 Å². The van der Waals surface area contributed by atoms with E-state index in [1.807, 2.05) is 0 Å². The number of ether oxygens (including phenoxy) is 2. The third-order valence-electron chi connectivity index (χ3n) is 3.62. The average molecular weight is 286 g/mol. The van der Waals surface area contributed by atoms with E-state index in [4.69, 9.17) is 9.84 Å². The summed E-state index contributed by atoms with van der Waals surface area (Å²) in [4.78, 5) is 33.8. The molecule has 2 saturated heterocycles. The minimum Gasteiger partial charge on any atom is -0.480 e. The number of urea groups is 1. The monoisotopic (exact) mass is 286 g/mol. The van der Waals surface area contributed by atoms with Crippen LogP contribution in [-0.2, 0) is 19.1 Å². The molecule has 112 valence electrons. The van der Waals surface area contributed by atoms with Crippen molar-refractivity contribution in [2.45, 2.75) is 50.0 Å². The molecule has 2 bridgehead atoms. The number of esters is 1. The van der Waals surface area contributed by atoms with Crippen LogP contribution in [0.3, 0.4) is 0 Å². The highest BCUT2D eigenvalue weighted by molar-refractivity contribution is 5.86. The number of amides is 2. The maximum atomic E-state index is 11.8. The molecule has 8 heteroatoms. The Hall–Kier alpha value is -1.83. The highest BCUT2D eigenvalue weighted by Gasteiger charge is 2.41. The van der Waals surface area contributed by atoms with Crippen molar-refractivity contribution in [1.29, 1.82) is 0 Å². The Morgan fingerprint density at radius 2 is 2.15 bits per heavy atom. The lowest BCUT2D eigenvalue weighted by molar-refractivity contribution is -0.147. The van der Waals surface area contributed by atoms with Gasteiger partial charge < -0.3 is 25.2 Å². The van der Waals surface area contributed by atoms with Crippen LogP contribution in [0.15, 0.2) is 0 Å². The summed E-state index contributed by atoms with van der Waals surface area (Å²) >= 11 is 0. The third-order valence-corrected chi connectivity index (χ3v) is 3.62. The van der Waals surface area contributed by atoms with Crippen molar-refractivity contribution in [3.63, 3.8) is 0 Å². The van der Waals surface area contributed by atoms with Crippen molar-refractivity contribution in [2.75, 3.05) is 7.11 Å². The van der Waals surface area contributed by atoms with Gasteiger partial charge in [-0.05, 0) is 19.3 Å². The van der Waals surface area contributed by atoms with Gasteiger partial charge in [0.2, 0.25) is 0 Å². The van der Waals surface area contributed by atoms with Gasteiger partial charge in [-0.15, -0.1) is 0 Å². The standard InChI is InChI=1S/C12H18N2O6/c1-19-10(15)5-8(11(16)17)14-12(18)13-7-4-6-2-3-9(7)20-6/h6-9H,2-5H2,1H3,(H,16,17)(H2,13,14,18)/t6?,7?,8-,9?/m0/s1. The summed E-state index contributed by atoms with van der Waals surface area (Å²) in [6.45, 7) is 0. The highest BCUT2D eigenvalue weighted by atomic mass is 16.5. The molecule has 20 heavy (non-hydrogen) atoms. The molecule has 2 fully saturated rings. The van der Waals surface area contributed by atoms with Crippen molar-refractivity contribution in [3.8, 4) is 0 Å². The zero-order valence-electron chi connectivity index (χ0n) is 11.1. The van der Waals surface area contributed by atoms with Crippen molar-refractivity contribution in [2.24, 2.45) is 0 Å². The number of aliphatic carboxylic acids is 1. The topological polar surface area (TPSA) is 114 Å². The molecule has 0 aliphatic carbocycles. The van der Waals surface area contributed by atoms with Gasteiger partial charge in [-0.1, -0.05) is 0 Å². The molecule has 2 rings (SSSR count). The normalized spacial score (nSPS) is 28.8. The minimum atomic E-state index is -1.30. The Morgan fingerprint density at radius 3 is 2.65 bits per heavy atom. The molecule has 0 aromatic heterocycles. The van der Waals surface area contributed by atoms with Crippen LogP contribution in [-0.4, -0.2) is 54.5 Å². The lowest BCUT2D eigenvalue weighted by atomic mass is 9.96. The molecule has 0 aromatic carbocycles. The number of carbonyl (C=O) groups is 3. The first-order valence-corrected chi connectivity index (χ1v) is 6.51. The van der Waals surface area contributed by atoms with Crippen molar-refractivity contribution < 1.29 is 29.0 Å². The van der Waals surface area contributed by atoms with E-state index in [-0.39, 0.29) is 18.2 Å². The molecule has 4 atom stereocenters. The maximum absolute atomic E-state index is 11.8. The first-order chi connectivity index (χ1) is 9.49. The number of carboxylic acids is 1. The number of fused-ring (bicyclic) bond motifs is 2. The molecule has 3 N–H and O–H groups in total. The van der Waals surface area contributed by atoms with Crippen LogP contribution in [0.5, 0.6) is 0 Å². The van der Waals surface area contributed by atoms with Gasteiger partial charge in [0.1, 0.15) is 6.04 Å². The highest BCUT2D eigenvalue weighted by Crippen LogP contribution is 2.34. The van der Waals surface area contributed by atoms with Gasteiger partial charge in [0.15, 0.2) is 0 Å². The number of nitrogens with one attached hydrogen (secondary N) is 2. The Kier molecular flexibility index (Phi) is 4.43. The molecule has 2 aliphatic rings. The smallest absolute Gasteiger partial charge is 0.326 e. The van der Waals surface area contributed by atoms with Crippen LogP contribution < -0.4 is 10.6 Å². The van der Waals surface area contributed by atoms with Gasteiger partial charge in [-0.25, -0.2) is 9.59 Å². The number of hydrogen-bond donors (Lipinski definition) is 3. The summed E-state index contributed by atoms with van der Waals surface area (Å²) in [6.07, 6.45) is 2.44. The molecule has 0 saturated carbocycles. The van der Waals surface area contributed by atoms with E-state index < -0.39 is 30.4 Å². The van der Waals surface area contributed by atoms with E-state index in [0.717, 1.165) is 26.4 Å². The first kappa shape index (κ1) is 14.6. The summed E-state index contributed by atoms with van der Waals surface area (Å²) in [5.41, 5.74) is 0. The van der Waals surface area contributed by atoms with Gasteiger partial charge >= 0.3 is 18.0 Å². The first-order valence-electron chi connectivity index (χ1n) is 6.51. The fourth-order valence-electron chi connectivity index (χ4n) is 2.61. The largest absolute Gasteiger partial charge is 0.480 e. The lowest BCUT2D eigenvalue weighted by Gasteiger charge is -2.21. The van der Waals surface area contributed by atoms with Crippen LogP contribution in [0.25, 0.3) is 0 Å². The third kappa shape index (κ3) is 3.38. The fourth-order valence-corrected chi connectivity index (χ4v) is 2.61. The number of hydrogen-bond acceptors (Lipinski definition) is 5. The maximum Gasteiger partial charge on any atom is 0.326 e. The van der Waals surface area contributed by atoms with Crippen LogP contribution in [0.2, 0.25) is 0 Å². The summed E-state index contributed by atoms with van der Waals surface area (Å²) < 4.78 is 9.98. The molecule has 8 nitrogen and oxygen atoms in total. The van der Waals surface area contributed by atoms with Gasteiger partial charge in [-0.3, -0.25) is 4.79 Å². The Balaban J connectivity index is 1.82. The van der Waals surface area contributed by atoms with Gasteiger partial charge in [0.25, 0.3) is 0 Å². The van der Waals surface area contributed by atoms with Crippen molar-refractivity contribution in [1.82, 2.24) is 10.6 Å². The van der Waals surface area contributed by atoms with Crippen molar-refractivity contribution >= 4 is 18.0 Å². The quantitative estimate of drug-likeness (QED) is 0.594. The number of carboxylic acid groups (broad SMARTS) is 1. The van der Waals surface area contributed by atoms with Gasteiger partial charge in [0, 0.05) is 0 Å². The van der Waals surface area contributed by atoms with E-state index in [0.29, 0.717) is 0 Å². The summed E-state index contributed by atoms with van der Waals surface area (Å²) in [6, 6.07) is -2.01. The van der Waals surface area contributed by atoms with Crippen LogP contribution >= 0.6 is 0 Å². The van der Waals surface area contributed by atoms with Gasteiger partial charge in [0.05, 0.1) is 31.8 Å². The van der Waals surface area contributed by atoms with E-state index >= 15 is 0 Å². The molecular formula is C12H18N2O6. The predicted molar refractivity (Wildman–Crippen MR) is 66.0 cm³/mol. The molecule has 2 heterocycles. The molecule has 0 aromatic rings. The number of rotatable bonds is 5. The predicted octanol–water partition coefficient (Wildman–Crippen LogP) is -0.378. The average Bonchev–Trinajstić information content (AvgIpc) is 2.99. The van der Waals surface area contributed by atoms with E-state index in [1.54, 1.807) is 0 Å². The zero-order chi connectivity index (χ0) is 14.7. The minimum absolute atomic E-state index is 0.00892. The van der Waals surface area contributed by atoms with Crippen molar-refractivity contribution in [3.05, 3.63) is 0 Å². The SMILES string of the molecule is COC(=O)C[C@H](NC(=O)NC1CC2CCC1O2)C(=O)O. The molecular weight excluding hydrogens is 268 g/mol. The van der Waals surface area contributed by atoms with E-state index in [1.165, 1.54) is 0 Å². The lowest BCUT2D eigenvalue weighted by Crippen LogP contribution is -2.51. The fraction of sp³-hybridized carbons (Fsp3) is 0.750. The van der Waals surface area contributed by atoms with Crippen LogP contribution in [0.4, 0.5) is 4.79 Å². The number of methoxy groups -OCH3 is 1. The van der Waals surface area contributed by atoms with E-state index in [9.17, 15) is 14.4 Å². The summed E-state index contributed by atoms with van der Waals surface area (Å²) in [5.74, 6) is -1.98. The molecule has 0 spiro atoms. The summed E-state index contributed by atoms with van der Waals surface area (Å²) in [5, 5.41) is 13.9. The Bertz CT molecular complexity index is 413. The zero-order valence-corrected chi connectivity index (χ0v) is 11.1. The van der Waals surface area contributed by atoms with Crippen LogP contribution in [0.1, 0.15) is 25.7 Å². The Morgan fingerprint density at radius 1 is 1.40 bits per heavy atom. The van der Waals surface area contributed by atoms with Gasteiger partial charge in [-0.2, -0.15) is 0 Å². The molecule has 0 radical (unpaired) electrons.